The molecular weight excluding hydrogens is 288 g/mol. The minimum atomic E-state index is -0.130. The van der Waals surface area contributed by atoms with E-state index in [0.717, 1.165) is 30.8 Å². The molecule has 6 nitrogen and oxygen atoms in total. The summed E-state index contributed by atoms with van der Waals surface area (Å²) in [5, 5.41) is 13.2. The molecule has 1 fully saturated rings. The van der Waals surface area contributed by atoms with Crippen molar-refractivity contribution in [1.82, 2.24) is 9.88 Å². The maximum absolute atomic E-state index is 12.5. The van der Waals surface area contributed by atoms with Crippen LogP contribution >= 0.6 is 11.3 Å². The van der Waals surface area contributed by atoms with Crippen molar-refractivity contribution in [2.45, 2.75) is 45.1 Å². The molecule has 0 unspecified atom stereocenters. The molecule has 0 aliphatic heterocycles. The Bertz CT molecular complexity index is 474. The SMILES string of the molecule is CCCCN(CCO)C(=O)c1sc(NC2CCC2)nc1N. The summed E-state index contributed by atoms with van der Waals surface area (Å²) in [6.45, 7) is 3.00. The Hall–Kier alpha value is -1.34. The van der Waals surface area contributed by atoms with Gasteiger partial charge in [-0.05, 0) is 25.7 Å². The van der Waals surface area contributed by atoms with Crippen LogP contribution in [0.5, 0.6) is 0 Å². The van der Waals surface area contributed by atoms with Crippen LogP contribution in [-0.2, 0) is 0 Å². The molecule has 1 saturated carbocycles. The van der Waals surface area contributed by atoms with Gasteiger partial charge < -0.3 is 21.1 Å². The first-order chi connectivity index (χ1) is 10.2. The van der Waals surface area contributed by atoms with Gasteiger partial charge in [-0.15, -0.1) is 0 Å². The lowest BCUT2D eigenvalue weighted by molar-refractivity contribution is 0.0725. The highest BCUT2D eigenvalue weighted by Crippen LogP contribution is 2.30. The first kappa shape index (κ1) is 16.0. The van der Waals surface area contributed by atoms with E-state index in [1.807, 2.05) is 0 Å². The molecule has 7 heteroatoms. The predicted octanol–water partition coefficient (Wildman–Crippen LogP) is 1.92. The van der Waals surface area contributed by atoms with Crippen LogP contribution in [0.2, 0.25) is 0 Å². The second-order valence-electron chi connectivity index (χ2n) is 5.37. The molecule has 0 atom stereocenters. The van der Waals surface area contributed by atoms with Gasteiger partial charge in [-0.3, -0.25) is 4.79 Å². The van der Waals surface area contributed by atoms with Gasteiger partial charge in [0.1, 0.15) is 10.7 Å². The van der Waals surface area contributed by atoms with E-state index in [2.05, 4.69) is 17.2 Å². The maximum atomic E-state index is 12.5. The Kier molecular flexibility index (Phi) is 5.81. The van der Waals surface area contributed by atoms with Crippen molar-refractivity contribution in [1.29, 1.82) is 0 Å². The van der Waals surface area contributed by atoms with Gasteiger partial charge in [0.2, 0.25) is 0 Å². The largest absolute Gasteiger partial charge is 0.395 e. The summed E-state index contributed by atoms with van der Waals surface area (Å²) in [6.07, 6.45) is 5.46. The summed E-state index contributed by atoms with van der Waals surface area (Å²) in [5.74, 6) is 0.153. The first-order valence-electron chi connectivity index (χ1n) is 7.58. The number of nitrogens with two attached hydrogens (primary N) is 1. The van der Waals surface area contributed by atoms with Crippen LogP contribution in [0.15, 0.2) is 0 Å². The number of nitrogens with zero attached hydrogens (tertiary/aromatic N) is 2. The van der Waals surface area contributed by atoms with Crippen LogP contribution in [0.3, 0.4) is 0 Å². The lowest BCUT2D eigenvalue weighted by Gasteiger charge is -2.25. The number of unbranched alkanes of at least 4 members (excludes halogenated alkanes) is 1. The molecule has 1 aliphatic rings. The zero-order valence-corrected chi connectivity index (χ0v) is 13.3. The molecule has 0 aromatic carbocycles. The molecule has 1 aromatic heterocycles. The lowest BCUT2D eigenvalue weighted by Crippen LogP contribution is -2.34. The van der Waals surface area contributed by atoms with Gasteiger partial charge in [-0.2, -0.15) is 0 Å². The third-order valence-corrected chi connectivity index (χ3v) is 4.71. The van der Waals surface area contributed by atoms with Crippen LogP contribution in [0, 0.1) is 0 Å². The third-order valence-electron chi connectivity index (χ3n) is 3.72. The Labute approximate surface area is 129 Å². The number of rotatable bonds is 8. The van der Waals surface area contributed by atoms with E-state index in [4.69, 9.17) is 10.8 Å². The molecule has 0 saturated heterocycles. The Balaban J connectivity index is 2.04. The predicted molar refractivity (Wildman–Crippen MR) is 85.7 cm³/mol. The minimum absolute atomic E-state index is 0.0403. The summed E-state index contributed by atoms with van der Waals surface area (Å²) in [4.78, 5) is 18.9. The highest BCUT2D eigenvalue weighted by Gasteiger charge is 2.24. The summed E-state index contributed by atoms with van der Waals surface area (Å²) in [6, 6.07) is 0.465. The van der Waals surface area contributed by atoms with Crippen LogP contribution in [-0.4, -0.2) is 46.6 Å². The van der Waals surface area contributed by atoms with Crippen LogP contribution in [0.1, 0.15) is 48.7 Å². The third kappa shape index (κ3) is 4.07. The van der Waals surface area contributed by atoms with E-state index in [9.17, 15) is 4.79 Å². The van der Waals surface area contributed by atoms with Crippen molar-refractivity contribution in [3.05, 3.63) is 4.88 Å². The number of thiazole rings is 1. The highest BCUT2D eigenvalue weighted by molar-refractivity contribution is 7.18. The molecule has 1 aliphatic carbocycles. The van der Waals surface area contributed by atoms with Crippen LogP contribution in [0.25, 0.3) is 0 Å². The summed E-state index contributed by atoms with van der Waals surface area (Å²) in [7, 11) is 0. The summed E-state index contributed by atoms with van der Waals surface area (Å²) in [5.41, 5.74) is 5.89. The monoisotopic (exact) mass is 312 g/mol. The number of hydrogen-bond acceptors (Lipinski definition) is 6. The number of nitrogen functional groups attached to an aromatic ring is 1. The van der Waals surface area contributed by atoms with Crippen LogP contribution in [0.4, 0.5) is 10.9 Å². The molecule has 1 amide bonds. The molecule has 0 radical (unpaired) electrons. The number of aromatic nitrogens is 1. The fourth-order valence-corrected chi connectivity index (χ4v) is 3.13. The standard InChI is InChI=1S/C14H24N4O2S/c1-2-3-7-18(8-9-19)13(20)11-12(15)17-14(21-11)16-10-5-4-6-10/h10,19H,2-9,15H2,1H3,(H,16,17). The molecule has 4 N–H and O–H groups in total. The van der Waals surface area contributed by atoms with Gasteiger partial charge in [0, 0.05) is 19.1 Å². The normalized spacial score (nSPS) is 14.8. The van der Waals surface area contributed by atoms with Crippen LogP contribution < -0.4 is 11.1 Å². The average molecular weight is 312 g/mol. The maximum Gasteiger partial charge on any atom is 0.267 e. The minimum Gasteiger partial charge on any atom is -0.395 e. The number of aliphatic hydroxyl groups is 1. The topological polar surface area (TPSA) is 91.5 Å². The fourth-order valence-electron chi connectivity index (χ4n) is 2.20. The van der Waals surface area contributed by atoms with Crippen molar-refractivity contribution in [3.63, 3.8) is 0 Å². The van der Waals surface area contributed by atoms with Gasteiger partial charge in [-0.25, -0.2) is 4.98 Å². The van der Waals surface area contributed by atoms with Crippen molar-refractivity contribution in [2.75, 3.05) is 30.7 Å². The molecule has 1 aromatic rings. The van der Waals surface area contributed by atoms with E-state index in [0.29, 0.717) is 24.0 Å². The number of nitrogens with one attached hydrogen (secondary N) is 1. The summed E-state index contributed by atoms with van der Waals surface area (Å²) >= 11 is 1.31. The molecule has 21 heavy (non-hydrogen) atoms. The van der Waals surface area contributed by atoms with Gasteiger partial charge in [0.25, 0.3) is 5.91 Å². The zero-order chi connectivity index (χ0) is 15.2. The van der Waals surface area contributed by atoms with Gasteiger partial charge >= 0.3 is 0 Å². The number of carbonyl (C=O) groups is 1. The van der Waals surface area contributed by atoms with E-state index in [1.165, 1.54) is 17.8 Å². The van der Waals surface area contributed by atoms with Crippen molar-refractivity contribution >= 4 is 28.2 Å². The number of carbonyl (C=O) groups excluding carboxylic acids is 1. The lowest BCUT2D eigenvalue weighted by atomic mass is 9.93. The van der Waals surface area contributed by atoms with Crippen molar-refractivity contribution in [2.24, 2.45) is 0 Å². The number of hydrogen-bond donors (Lipinski definition) is 3. The average Bonchev–Trinajstić information content (AvgIpc) is 2.79. The Morgan fingerprint density at radius 3 is 2.86 bits per heavy atom. The molecule has 118 valence electrons. The zero-order valence-electron chi connectivity index (χ0n) is 12.5. The van der Waals surface area contributed by atoms with E-state index in [1.54, 1.807) is 4.90 Å². The highest BCUT2D eigenvalue weighted by atomic mass is 32.1. The number of anilines is 2. The van der Waals surface area contributed by atoms with E-state index < -0.39 is 0 Å². The second-order valence-corrected chi connectivity index (χ2v) is 6.37. The first-order valence-corrected chi connectivity index (χ1v) is 8.40. The van der Waals surface area contributed by atoms with Gasteiger partial charge in [0.05, 0.1) is 6.61 Å². The quantitative estimate of drug-likeness (QED) is 0.682. The van der Waals surface area contributed by atoms with Gasteiger partial charge in [0.15, 0.2) is 5.13 Å². The van der Waals surface area contributed by atoms with Crippen molar-refractivity contribution < 1.29 is 9.90 Å². The number of aliphatic hydroxyl groups excluding tert-OH is 1. The molecule has 0 spiro atoms. The fraction of sp³-hybridized carbons (Fsp3) is 0.714. The molecule has 0 bridgehead atoms. The Morgan fingerprint density at radius 1 is 1.52 bits per heavy atom. The number of amides is 1. The molecule has 1 heterocycles. The smallest absolute Gasteiger partial charge is 0.267 e. The molecular formula is C14H24N4O2S. The summed E-state index contributed by atoms with van der Waals surface area (Å²) < 4.78 is 0. The van der Waals surface area contributed by atoms with E-state index in [-0.39, 0.29) is 18.3 Å². The van der Waals surface area contributed by atoms with Crippen molar-refractivity contribution in [3.8, 4) is 0 Å². The second kappa shape index (κ2) is 7.61. The molecule has 2 rings (SSSR count). The Morgan fingerprint density at radius 2 is 2.29 bits per heavy atom. The van der Waals surface area contributed by atoms with Gasteiger partial charge in [-0.1, -0.05) is 24.7 Å². The van der Waals surface area contributed by atoms with E-state index >= 15 is 0 Å².